The van der Waals surface area contributed by atoms with E-state index in [0.29, 0.717) is 5.89 Å². The molecule has 2 N–H and O–H groups in total. The first-order chi connectivity index (χ1) is 12.6. The summed E-state index contributed by atoms with van der Waals surface area (Å²) in [5, 5.41) is 6.09. The Morgan fingerprint density at radius 1 is 1.11 bits per heavy atom. The molecule has 3 aromatic rings. The van der Waals surface area contributed by atoms with Gasteiger partial charge in [-0.3, -0.25) is 4.79 Å². The molecule has 0 unspecified atom stereocenters. The Balaban J connectivity index is 1.85. The standard InChI is InChI=1S/C21H23N3O2S/c1-12-6-9-15-17(10-12)26-18(22-15)14-8-7-13(2)16(11-14)23-20(27)24-19(25)21(3,4)5/h6-11H,1-5H3,(H2,23,24,25,27). The summed E-state index contributed by atoms with van der Waals surface area (Å²) in [5.41, 5.74) is 4.81. The van der Waals surface area contributed by atoms with Crippen LogP contribution in [0.3, 0.4) is 0 Å². The van der Waals surface area contributed by atoms with Gasteiger partial charge in [0.25, 0.3) is 0 Å². The average Bonchev–Trinajstić information content (AvgIpc) is 2.99. The van der Waals surface area contributed by atoms with Gasteiger partial charge in [-0.2, -0.15) is 0 Å². The van der Waals surface area contributed by atoms with Gasteiger partial charge < -0.3 is 15.1 Å². The molecule has 2 aromatic carbocycles. The number of hydrogen-bond donors (Lipinski definition) is 2. The molecule has 140 valence electrons. The summed E-state index contributed by atoms with van der Waals surface area (Å²) in [7, 11) is 0. The predicted molar refractivity (Wildman–Crippen MR) is 113 cm³/mol. The van der Waals surface area contributed by atoms with Crippen LogP contribution in [0.4, 0.5) is 5.69 Å². The van der Waals surface area contributed by atoms with Crippen molar-refractivity contribution in [1.29, 1.82) is 0 Å². The number of oxazole rings is 1. The van der Waals surface area contributed by atoms with Gasteiger partial charge in [0.15, 0.2) is 10.7 Å². The SMILES string of the molecule is Cc1ccc2nc(-c3ccc(C)c(NC(=S)NC(=O)C(C)(C)C)c3)oc2c1. The van der Waals surface area contributed by atoms with Gasteiger partial charge >= 0.3 is 0 Å². The summed E-state index contributed by atoms with van der Waals surface area (Å²) >= 11 is 5.29. The summed E-state index contributed by atoms with van der Waals surface area (Å²) in [6.45, 7) is 9.50. The molecule has 0 fully saturated rings. The van der Waals surface area contributed by atoms with Crippen LogP contribution in [0.2, 0.25) is 0 Å². The molecular weight excluding hydrogens is 358 g/mol. The molecule has 0 spiro atoms. The highest BCUT2D eigenvalue weighted by atomic mass is 32.1. The minimum atomic E-state index is -0.515. The summed E-state index contributed by atoms with van der Waals surface area (Å²) in [5.74, 6) is 0.409. The minimum absolute atomic E-state index is 0.136. The van der Waals surface area contributed by atoms with Gasteiger partial charge in [0, 0.05) is 16.7 Å². The number of fused-ring (bicyclic) bond motifs is 1. The maximum absolute atomic E-state index is 12.1. The molecule has 0 aliphatic rings. The van der Waals surface area contributed by atoms with Crippen LogP contribution >= 0.6 is 12.2 Å². The Morgan fingerprint density at radius 3 is 2.56 bits per heavy atom. The van der Waals surface area contributed by atoms with E-state index in [1.165, 1.54) is 0 Å². The van der Waals surface area contributed by atoms with Crippen LogP contribution in [-0.2, 0) is 4.79 Å². The summed E-state index contributed by atoms with van der Waals surface area (Å²) in [6.07, 6.45) is 0. The third kappa shape index (κ3) is 4.34. The maximum Gasteiger partial charge on any atom is 0.231 e. The monoisotopic (exact) mass is 381 g/mol. The lowest BCUT2D eigenvalue weighted by Crippen LogP contribution is -2.41. The van der Waals surface area contributed by atoms with E-state index in [-0.39, 0.29) is 11.0 Å². The molecule has 0 atom stereocenters. The van der Waals surface area contributed by atoms with Crippen LogP contribution in [0.5, 0.6) is 0 Å². The molecule has 0 saturated heterocycles. The largest absolute Gasteiger partial charge is 0.436 e. The number of benzene rings is 2. The maximum atomic E-state index is 12.1. The molecule has 3 rings (SSSR count). The van der Waals surface area contributed by atoms with E-state index in [4.69, 9.17) is 16.6 Å². The molecule has 1 heterocycles. The lowest BCUT2D eigenvalue weighted by atomic mass is 9.96. The van der Waals surface area contributed by atoms with Gasteiger partial charge in [0.2, 0.25) is 11.8 Å². The zero-order valence-corrected chi connectivity index (χ0v) is 17.0. The fraction of sp³-hybridized carbons (Fsp3) is 0.286. The van der Waals surface area contributed by atoms with Crippen molar-refractivity contribution in [2.45, 2.75) is 34.6 Å². The number of amides is 1. The van der Waals surface area contributed by atoms with E-state index >= 15 is 0 Å². The van der Waals surface area contributed by atoms with Gasteiger partial charge in [0.05, 0.1) is 0 Å². The molecule has 1 aromatic heterocycles. The predicted octanol–water partition coefficient (Wildman–Crippen LogP) is 4.97. The number of aromatic nitrogens is 1. The first-order valence-electron chi connectivity index (χ1n) is 8.74. The average molecular weight is 382 g/mol. The fourth-order valence-corrected chi connectivity index (χ4v) is 2.69. The number of aryl methyl sites for hydroxylation is 2. The van der Waals surface area contributed by atoms with E-state index in [1.54, 1.807) is 0 Å². The van der Waals surface area contributed by atoms with Gasteiger partial charge in [-0.05, 0) is 61.5 Å². The van der Waals surface area contributed by atoms with Crippen LogP contribution in [-0.4, -0.2) is 16.0 Å². The van der Waals surface area contributed by atoms with Crippen molar-refractivity contribution in [2.24, 2.45) is 5.41 Å². The highest BCUT2D eigenvalue weighted by molar-refractivity contribution is 7.80. The van der Waals surface area contributed by atoms with Crippen LogP contribution in [0.15, 0.2) is 40.8 Å². The first-order valence-corrected chi connectivity index (χ1v) is 9.15. The molecule has 1 amide bonds. The van der Waals surface area contributed by atoms with Gasteiger partial charge in [-0.1, -0.05) is 32.9 Å². The second-order valence-corrected chi connectivity index (χ2v) is 8.09. The Hall–Kier alpha value is -2.73. The molecule has 0 aliphatic carbocycles. The van der Waals surface area contributed by atoms with E-state index in [2.05, 4.69) is 15.6 Å². The van der Waals surface area contributed by atoms with Crippen molar-refractivity contribution < 1.29 is 9.21 Å². The zero-order valence-electron chi connectivity index (χ0n) is 16.1. The molecule has 0 radical (unpaired) electrons. The minimum Gasteiger partial charge on any atom is -0.436 e. The number of anilines is 1. The summed E-state index contributed by atoms with van der Waals surface area (Å²) in [4.78, 5) is 16.7. The highest BCUT2D eigenvalue weighted by Gasteiger charge is 2.22. The number of carbonyl (C=O) groups excluding carboxylic acids is 1. The topological polar surface area (TPSA) is 67.2 Å². The Morgan fingerprint density at radius 2 is 1.85 bits per heavy atom. The Kier molecular flexibility index (Phi) is 5.02. The summed E-state index contributed by atoms with van der Waals surface area (Å²) in [6, 6.07) is 11.8. The smallest absolute Gasteiger partial charge is 0.231 e. The quantitative estimate of drug-likeness (QED) is 0.614. The number of thiocarbonyl (C=S) groups is 1. The van der Waals surface area contributed by atoms with E-state index < -0.39 is 5.41 Å². The summed E-state index contributed by atoms with van der Waals surface area (Å²) < 4.78 is 5.90. The van der Waals surface area contributed by atoms with E-state index in [0.717, 1.165) is 33.5 Å². The third-order valence-corrected chi connectivity index (χ3v) is 4.39. The normalized spacial score (nSPS) is 11.4. The zero-order chi connectivity index (χ0) is 19.8. The molecule has 6 heteroatoms. The number of carbonyl (C=O) groups is 1. The molecule has 0 saturated carbocycles. The fourth-order valence-electron chi connectivity index (χ4n) is 2.49. The van der Waals surface area contributed by atoms with Crippen molar-refractivity contribution >= 4 is 40.0 Å². The van der Waals surface area contributed by atoms with Crippen molar-refractivity contribution in [3.63, 3.8) is 0 Å². The van der Waals surface area contributed by atoms with Crippen LogP contribution in [0, 0.1) is 19.3 Å². The lowest BCUT2D eigenvalue weighted by molar-refractivity contribution is -0.126. The van der Waals surface area contributed by atoms with Gasteiger partial charge in [-0.15, -0.1) is 0 Å². The first kappa shape index (κ1) is 19.0. The Bertz CT molecular complexity index is 1030. The Labute approximate surface area is 164 Å². The van der Waals surface area contributed by atoms with Gasteiger partial charge in [-0.25, -0.2) is 4.98 Å². The van der Waals surface area contributed by atoms with Crippen molar-refractivity contribution in [3.05, 3.63) is 47.5 Å². The number of nitrogens with zero attached hydrogens (tertiary/aromatic N) is 1. The van der Waals surface area contributed by atoms with Crippen LogP contribution < -0.4 is 10.6 Å². The second kappa shape index (κ2) is 7.12. The third-order valence-electron chi connectivity index (χ3n) is 4.18. The van der Waals surface area contributed by atoms with E-state index in [9.17, 15) is 4.79 Å². The lowest BCUT2D eigenvalue weighted by Gasteiger charge is -2.19. The van der Waals surface area contributed by atoms with Crippen LogP contribution in [0.25, 0.3) is 22.6 Å². The molecular formula is C21H23N3O2S. The number of nitrogens with one attached hydrogen (secondary N) is 2. The van der Waals surface area contributed by atoms with Crippen molar-refractivity contribution in [1.82, 2.24) is 10.3 Å². The highest BCUT2D eigenvalue weighted by Crippen LogP contribution is 2.28. The molecule has 27 heavy (non-hydrogen) atoms. The molecule has 0 aliphatic heterocycles. The molecule has 5 nitrogen and oxygen atoms in total. The van der Waals surface area contributed by atoms with Crippen molar-refractivity contribution in [3.8, 4) is 11.5 Å². The van der Waals surface area contributed by atoms with Gasteiger partial charge in [0.1, 0.15) is 5.52 Å². The van der Waals surface area contributed by atoms with Crippen molar-refractivity contribution in [2.75, 3.05) is 5.32 Å². The van der Waals surface area contributed by atoms with Crippen LogP contribution in [0.1, 0.15) is 31.9 Å². The molecule has 0 bridgehead atoms. The van der Waals surface area contributed by atoms with E-state index in [1.807, 2.05) is 71.0 Å². The number of rotatable bonds is 2. The number of hydrogen-bond acceptors (Lipinski definition) is 4. The second-order valence-electron chi connectivity index (χ2n) is 7.68.